The van der Waals surface area contributed by atoms with Crippen LogP contribution in [0.25, 0.3) is 0 Å². The van der Waals surface area contributed by atoms with E-state index in [1.165, 1.54) is 6.07 Å². The predicted octanol–water partition coefficient (Wildman–Crippen LogP) is 1.36. The van der Waals surface area contributed by atoms with Crippen molar-refractivity contribution < 1.29 is 13.2 Å². The van der Waals surface area contributed by atoms with Crippen molar-refractivity contribution in [2.24, 2.45) is 5.73 Å². The lowest BCUT2D eigenvalue weighted by atomic mass is 10.7. The van der Waals surface area contributed by atoms with E-state index < -0.39 is 15.1 Å². The molecule has 1 amide bonds. The fraction of sp³-hybridized carbons (Fsp3) is 0. The highest BCUT2D eigenvalue weighted by Gasteiger charge is 2.22. The van der Waals surface area contributed by atoms with E-state index in [-0.39, 0.29) is 4.21 Å². The third kappa shape index (κ3) is 1.67. The van der Waals surface area contributed by atoms with Crippen molar-refractivity contribution in [2.45, 2.75) is 4.21 Å². The van der Waals surface area contributed by atoms with E-state index in [2.05, 4.69) is 21.7 Å². The molecule has 66 valence electrons. The average molecular weight is 270 g/mol. The van der Waals surface area contributed by atoms with Gasteiger partial charge in [-0.15, -0.1) is 11.3 Å². The maximum absolute atomic E-state index is 11.1. The summed E-state index contributed by atoms with van der Waals surface area (Å²) < 4.78 is 22.7. The Hall–Kier alpha value is -0.400. The number of carbonyl (C=O) groups excluding carboxylic acids is 1. The van der Waals surface area contributed by atoms with Gasteiger partial charge >= 0.3 is 5.24 Å². The Morgan fingerprint density at radius 1 is 1.50 bits per heavy atom. The molecule has 0 saturated carbocycles. The third-order valence-electron chi connectivity index (χ3n) is 1.08. The fourth-order valence-corrected chi connectivity index (χ4v) is 3.38. The molecular formula is C5H4BrNO3S2. The molecule has 0 aliphatic rings. The summed E-state index contributed by atoms with van der Waals surface area (Å²) in [5, 5.41) is -1.32. The number of rotatable bonds is 1. The van der Waals surface area contributed by atoms with E-state index in [1.54, 1.807) is 6.07 Å². The molecule has 1 aromatic heterocycles. The summed E-state index contributed by atoms with van der Waals surface area (Å²) in [5.41, 5.74) is 4.68. The minimum atomic E-state index is -3.93. The normalized spacial score (nSPS) is 11.4. The van der Waals surface area contributed by atoms with Crippen LogP contribution in [0.1, 0.15) is 0 Å². The van der Waals surface area contributed by atoms with Crippen LogP contribution in [0.3, 0.4) is 0 Å². The molecule has 4 nitrogen and oxygen atoms in total. The molecule has 1 aromatic rings. The summed E-state index contributed by atoms with van der Waals surface area (Å²) >= 11 is 4.03. The molecule has 0 atom stereocenters. The molecule has 7 heteroatoms. The summed E-state index contributed by atoms with van der Waals surface area (Å²) in [6.45, 7) is 0. The molecule has 12 heavy (non-hydrogen) atoms. The SMILES string of the molecule is NC(=O)S(=O)(=O)c1ccc(Br)s1. The Kier molecular flexibility index (Phi) is 2.55. The van der Waals surface area contributed by atoms with Crippen molar-refractivity contribution in [3.8, 4) is 0 Å². The van der Waals surface area contributed by atoms with Crippen LogP contribution in [0.4, 0.5) is 4.79 Å². The van der Waals surface area contributed by atoms with Crippen LogP contribution in [0.2, 0.25) is 0 Å². The van der Waals surface area contributed by atoms with Crippen molar-refractivity contribution in [3.63, 3.8) is 0 Å². The van der Waals surface area contributed by atoms with Gasteiger partial charge in [-0.2, -0.15) is 0 Å². The van der Waals surface area contributed by atoms with Crippen LogP contribution >= 0.6 is 27.3 Å². The molecule has 0 fully saturated rings. The first-order valence-corrected chi connectivity index (χ1v) is 5.83. The van der Waals surface area contributed by atoms with E-state index in [0.29, 0.717) is 3.79 Å². The van der Waals surface area contributed by atoms with Gasteiger partial charge in [0.25, 0.3) is 9.84 Å². The van der Waals surface area contributed by atoms with Gasteiger partial charge in [-0.3, -0.25) is 4.79 Å². The lowest BCUT2D eigenvalue weighted by molar-refractivity contribution is 0.265. The van der Waals surface area contributed by atoms with Crippen LogP contribution < -0.4 is 5.73 Å². The fourth-order valence-electron chi connectivity index (χ4n) is 0.541. The predicted molar refractivity (Wildman–Crippen MR) is 48.8 cm³/mol. The highest BCUT2D eigenvalue weighted by atomic mass is 79.9. The first-order chi connectivity index (χ1) is 5.44. The zero-order valence-corrected chi connectivity index (χ0v) is 8.87. The van der Waals surface area contributed by atoms with Crippen LogP contribution in [0, 0.1) is 0 Å². The standard InChI is InChI=1S/C5H4BrNO3S2/c6-3-1-2-4(11-3)12(9,10)5(7)8/h1-2H,(H2,7,8). The molecule has 0 unspecified atom stereocenters. The minimum Gasteiger partial charge on any atom is -0.356 e. The molecule has 0 spiro atoms. The van der Waals surface area contributed by atoms with Gasteiger partial charge in [-0.25, -0.2) is 8.42 Å². The second-order valence-electron chi connectivity index (χ2n) is 1.88. The zero-order valence-electron chi connectivity index (χ0n) is 5.65. The van der Waals surface area contributed by atoms with Gasteiger partial charge in [-0.1, -0.05) is 0 Å². The Bertz CT molecular complexity index is 408. The van der Waals surface area contributed by atoms with Crippen molar-refractivity contribution in [1.29, 1.82) is 0 Å². The van der Waals surface area contributed by atoms with Gasteiger partial charge in [0.2, 0.25) is 0 Å². The Morgan fingerprint density at radius 2 is 2.08 bits per heavy atom. The number of hydrogen-bond donors (Lipinski definition) is 1. The molecule has 0 bridgehead atoms. The lowest BCUT2D eigenvalue weighted by Crippen LogP contribution is -2.20. The smallest absolute Gasteiger partial charge is 0.339 e. The number of thiophene rings is 1. The van der Waals surface area contributed by atoms with Crippen molar-refractivity contribution in [2.75, 3.05) is 0 Å². The number of nitrogens with two attached hydrogens (primary N) is 1. The number of hydrogen-bond acceptors (Lipinski definition) is 4. The van der Waals surface area contributed by atoms with E-state index in [0.717, 1.165) is 11.3 Å². The molecule has 0 aromatic carbocycles. The Labute approximate surface area is 81.4 Å². The molecule has 1 rings (SSSR count). The maximum Gasteiger partial charge on any atom is 0.339 e. The van der Waals surface area contributed by atoms with Crippen molar-refractivity contribution in [3.05, 3.63) is 15.9 Å². The topological polar surface area (TPSA) is 77.2 Å². The number of carbonyl (C=O) groups is 1. The first-order valence-electron chi connectivity index (χ1n) is 2.74. The maximum atomic E-state index is 11.1. The van der Waals surface area contributed by atoms with E-state index in [9.17, 15) is 13.2 Å². The zero-order chi connectivity index (χ0) is 9.35. The van der Waals surface area contributed by atoms with Crippen molar-refractivity contribution in [1.82, 2.24) is 0 Å². The number of halogens is 1. The monoisotopic (exact) mass is 269 g/mol. The van der Waals surface area contributed by atoms with Gasteiger partial charge < -0.3 is 5.73 Å². The van der Waals surface area contributed by atoms with E-state index in [4.69, 9.17) is 0 Å². The molecule has 0 saturated heterocycles. The summed E-state index contributed by atoms with van der Waals surface area (Å²) in [7, 11) is -3.93. The number of primary amides is 1. The van der Waals surface area contributed by atoms with Gasteiger partial charge in [0, 0.05) is 0 Å². The second kappa shape index (κ2) is 3.15. The summed E-state index contributed by atoms with van der Waals surface area (Å²) in [4.78, 5) is 10.5. The molecule has 0 aliphatic carbocycles. The number of amides is 1. The minimum absolute atomic E-state index is 0.0399. The van der Waals surface area contributed by atoms with Crippen molar-refractivity contribution >= 4 is 42.3 Å². The van der Waals surface area contributed by atoms with Gasteiger partial charge in [0.05, 0.1) is 3.79 Å². The highest BCUT2D eigenvalue weighted by Crippen LogP contribution is 2.26. The molecule has 0 radical (unpaired) electrons. The van der Waals surface area contributed by atoms with Crippen LogP contribution in [-0.2, 0) is 9.84 Å². The Morgan fingerprint density at radius 3 is 2.42 bits per heavy atom. The molecular weight excluding hydrogens is 266 g/mol. The highest BCUT2D eigenvalue weighted by molar-refractivity contribution is 9.11. The summed E-state index contributed by atoms with van der Waals surface area (Å²) in [5.74, 6) is 0. The first kappa shape index (κ1) is 9.69. The average Bonchev–Trinajstić information content (AvgIpc) is 2.35. The Balaban J connectivity index is 3.24. The quantitative estimate of drug-likeness (QED) is 0.837. The third-order valence-corrected chi connectivity index (χ3v) is 4.60. The second-order valence-corrected chi connectivity index (χ2v) is 6.45. The van der Waals surface area contributed by atoms with Gasteiger partial charge in [0.15, 0.2) is 0 Å². The molecule has 2 N–H and O–H groups in total. The lowest BCUT2D eigenvalue weighted by Gasteiger charge is -1.92. The van der Waals surface area contributed by atoms with Gasteiger partial charge in [0.1, 0.15) is 4.21 Å². The largest absolute Gasteiger partial charge is 0.356 e. The van der Waals surface area contributed by atoms with Gasteiger partial charge in [-0.05, 0) is 28.1 Å². The van der Waals surface area contributed by atoms with Crippen LogP contribution in [0.5, 0.6) is 0 Å². The van der Waals surface area contributed by atoms with E-state index >= 15 is 0 Å². The summed E-state index contributed by atoms with van der Waals surface area (Å²) in [6, 6.07) is 2.87. The summed E-state index contributed by atoms with van der Waals surface area (Å²) in [6.07, 6.45) is 0. The number of sulfone groups is 1. The van der Waals surface area contributed by atoms with Crippen LogP contribution in [-0.4, -0.2) is 13.7 Å². The molecule has 1 heterocycles. The molecule has 0 aliphatic heterocycles. The van der Waals surface area contributed by atoms with E-state index in [1.807, 2.05) is 0 Å². The van der Waals surface area contributed by atoms with Crippen LogP contribution in [0.15, 0.2) is 20.1 Å².